The van der Waals surface area contributed by atoms with Gasteiger partial charge in [0.15, 0.2) is 0 Å². The molecule has 0 unspecified atom stereocenters. The number of rotatable bonds is 9. The second kappa shape index (κ2) is 9.61. The quantitative estimate of drug-likeness (QED) is 0.304. The maximum absolute atomic E-state index is 11.4. The maximum Gasteiger partial charge on any atom is 0.336 e. The van der Waals surface area contributed by atoms with Crippen molar-refractivity contribution in [2.75, 3.05) is 0 Å². The van der Waals surface area contributed by atoms with Crippen LogP contribution >= 0.6 is 0 Å². The summed E-state index contributed by atoms with van der Waals surface area (Å²) in [5, 5.41) is 9.74. The Labute approximate surface area is 122 Å². The van der Waals surface area contributed by atoms with Crippen molar-refractivity contribution >= 4 is 5.97 Å². The Morgan fingerprint density at radius 2 is 1.80 bits per heavy atom. The molecule has 112 valence electrons. The summed E-state index contributed by atoms with van der Waals surface area (Å²) in [7, 11) is 0. The zero-order valence-corrected chi connectivity index (χ0v) is 12.4. The van der Waals surface area contributed by atoms with Gasteiger partial charge in [0.1, 0.15) is 12.2 Å². The Morgan fingerprint density at radius 1 is 1.20 bits per heavy atom. The molecule has 0 aromatic carbocycles. The van der Waals surface area contributed by atoms with Crippen molar-refractivity contribution < 1.29 is 14.6 Å². The lowest BCUT2D eigenvalue weighted by Gasteiger charge is -2.04. The van der Waals surface area contributed by atoms with Crippen molar-refractivity contribution in [2.24, 2.45) is 0 Å². The van der Waals surface area contributed by atoms with E-state index in [0.717, 1.165) is 25.7 Å². The van der Waals surface area contributed by atoms with Gasteiger partial charge in [0.25, 0.3) is 0 Å². The number of allylic oxidation sites excluding steroid dienone is 1. The van der Waals surface area contributed by atoms with Crippen LogP contribution in [0.3, 0.4) is 0 Å². The second-order valence-electron chi connectivity index (χ2n) is 5.43. The van der Waals surface area contributed by atoms with Gasteiger partial charge in [-0.05, 0) is 26.2 Å². The minimum atomic E-state index is -0.751. The standard InChI is InChI=1S/C17H26O3/c1-3-4-5-6-7-8-9-10-11-12-13-15-16(18)14(2)20-17(15)19/h1,13-14,16,18H,4-12H2,2H3/b15-13+/t14-,16-/m0/s1. The summed E-state index contributed by atoms with van der Waals surface area (Å²) in [6, 6.07) is 0. The van der Waals surface area contributed by atoms with Gasteiger partial charge in [-0.15, -0.1) is 12.3 Å². The molecular formula is C17H26O3. The maximum atomic E-state index is 11.4. The zero-order chi connectivity index (χ0) is 14.8. The van der Waals surface area contributed by atoms with E-state index in [1.807, 2.05) is 6.08 Å². The molecule has 1 N–H and O–H groups in total. The summed E-state index contributed by atoms with van der Waals surface area (Å²) in [5.41, 5.74) is 0.437. The molecule has 3 nitrogen and oxygen atoms in total. The summed E-state index contributed by atoms with van der Waals surface area (Å²) in [6.07, 6.45) is 15.9. The summed E-state index contributed by atoms with van der Waals surface area (Å²) < 4.78 is 4.96. The number of aliphatic hydroxyl groups excluding tert-OH is 1. The molecule has 0 amide bonds. The number of hydrogen-bond donors (Lipinski definition) is 1. The number of cyclic esters (lactones) is 1. The second-order valence-corrected chi connectivity index (χ2v) is 5.43. The lowest BCUT2D eigenvalue weighted by Crippen LogP contribution is -2.17. The Hall–Kier alpha value is -1.27. The van der Waals surface area contributed by atoms with Crippen molar-refractivity contribution in [2.45, 2.75) is 76.9 Å². The highest BCUT2D eigenvalue weighted by Gasteiger charge is 2.34. The molecule has 1 aliphatic rings. The fourth-order valence-electron chi connectivity index (χ4n) is 2.39. The average molecular weight is 278 g/mol. The fourth-order valence-corrected chi connectivity index (χ4v) is 2.39. The van der Waals surface area contributed by atoms with Gasteiger partial charge in [-0.25, -0.2) is 4.79 Å². The van der Waals surface area contributed by atoms with E-state index in [0.29, 0.717) is 5.57 Å². The smallest absolute Gasteiger partial charge is 0.336 e. The predicted molar refractivity (Wildman–Crippen MR) is 80.0 cm³/mol. The Morgan fingerprint density at radius 3 is 2.35 bits per heavy atom. The van der Waals surface area contributed by atoms with Crippen molar-refractivity contribution in [3.8, 4) is 12.3 Å². The number of esters is 1. The van der Waals surface area contributed by atoms with Crippen LogP contribution in [0.2, 0.25) is 0 Å². The van der Waals surface area contributed by atoms with Crippen LogP contribution in [0.5, 0.6) is 0 Å². The van der Waals surface area contributed by atoms with E-state index in [9.17, 15) is 9.90 Å². The van der Waals surface area contributed by atoms with Gasteiger partial charge in [0.2, 0.25) is 0 Å². The minimum absolute atomic E-state index is 0.362. The van der Waals surface area contributed by atoms with Gasteiger partial charge < -0.3 is 9.84 Å². The number of aliphatic hydroxyl groups is 1. The number of carbonyl (C=O) groups is 1. The van der Waals surface area contributed by atoms with Crippen molar-refractivity contribution in [3.05, 3.63) is 11.6 Å². The fraction of sp³-hybridized carbons (Fsp3) is 0.706. The first-order chi connectivity index (χ1) is 9.66. The van der Waals surface area contributed by atoms with E-state index in [2.05, 4.69) is 5.92 Å². The molecule has 1 heterocycles. The van der Waals surface area contributed by atoms with Crippen molar-refractivity contribution in [3.63, 3.8) is 0 Å². The highest BCUT2D eigenvalue weighted by Crippen LogP contribution is 2.22. The van der Waals surface area contributed by atoms with Crippen LogP contribution in [-0.4, -0.2) is 23.3 Å². The number of hydrogen-bond acceptors (Lipinski definition) is 3. The van der Waals surface area contributed by atoms with Gasteiger partial charge in [-0.2, -0.15) is 0 Å². The topological polar surface area (TPSA) is 46.5 Å². The molecule has 20 heavy (non-hydrogen) atoms. The molecule has 1 fully saturated rings. The highest BCUT2D eigenvalue weighted by atomic mass is 16.6. The molecule has 1 aliphatic heterocycles. The van der Waals surface area contributed by atoms with Gasteiger partial charge in [-0.3, -0.25) is 0 Å². The first-order valence-electron chi connectivity index (χ1n) is 7.69. The van der Waals surface area contributed by atoms with E-state index in [4.69, 9.17) is 11.2 Å². The number of ether oxygens (including phenoxy) is 1. The first-order valence-corrected chi connectivity index (χ1v) is 7.69. The number of unbranched alkanes of at least 4 members (excludes halogenated alkanes) is 8. The molecule has 2 atom stereocenters. The Balaban J connectivity index is 2.02. The van der Waals surface area contributed by atoms with E-state index in [-0.39, 0.29) is 5.97 Å². The predicted octanol–water partition coefficient (Wildman–Crippen LogP) is 3.36. The lowest BCUT2D eigenvalue weighted by atomic mass is 10.0. The van der Waals surface area contributed by atoms with Gasteiger partial charge in [-0.1, -0.05) is 38.2 Å². The zero-order valence-electron chi connectivity index (χ0n) is 12.4. The summed E-state index contributed by atoms with van der Waals surface area (Å²) >= 11 is 0. The molecule has 0 aromatic heterocycles. The monoisotopic (exact) mass is 278 g/mol. The average Bonchev–Trinajstić information content (AvgIpc) is 2.67. The number of terminal acetylenes is 1. The van der Waals surface area contributed by atoms with E-state index in [1.165, 1.54) is 32.1 Å². The van der Waals surface area contributed by atoms with Gasteiger partial charge >= 0.3 is 5.97 Å². The van der Waals surface area contributed by atoms with Crippen LogP contribution < -0.4 is 0 Å². The molecule has 1 saturated heterocycles. The lowest BCUT2D eigenvalue weighted by molar-refractivity contribution is -0.138. The van der Waals surface area contributed by atoms with Crippen molar-refractivity contribution in [1.29, 1.82) is 0 Å². The van der Waals surface area contributed by atoms with E-state index >= 15 is 0 Å². The third kappa shape index (κ3) is 5.79. The van der Waals surface area contributed by atoms with E-state index < -0.39 is 12.2 Å². The molecule has 0 aliphatic carbocycles. The summed E-state index contributed by atoms with van der Waals surface area (Å²) in [6.45, 7) is 1.71. The van der Waals surface area contributed by atoms with Gasteiger partial charge in [0.05, 0.1) is 5.57 Å². The van der Waals surface area contributed by atoms with Crippen LogP contribution in [-0.2, 0) is 9.53 Å². The number of carbonyl (C=O) groups excluding carboxylic acids is 1. The molecule has 0 bridgehead atoms. The third-order valence-corrected chi connectivity index (χ3v) is 3.68. The van der Waals surface area contributed by atoms with Crippen LogP contribution in [0.25, 0.3) is 0 Å². The third-order valence-electron chi connectivity index (χ3n) is 3.68. The SMILES string of the molecule is C#CCCCCCCCCC/C=C1/C(=O)O[C@@H](C)[C@@H]1O. The molecule has 0 spiro atoms. The summed E-state index contributed by atoms with van der Waals surface area (Å²) in [4.78, 5) is 11.4. The minimum Gasteiger partial charge on any atom is -0.456 e. The van der Waals surface area contributed by atoms with Crippen LogP contribution in [0, 0.1) is 12.3 Å². The molecule has 0 radical (unpaired) electrons. The van der Waals surface area contributed by atoms with Crippen LogP contribution in [0.1, 0.15) is 64.7 Å². The summed E-state index contributed by atoms with van der Waals surface area (Å²) in [5.74, 6) is 2.30. The van der Waals surface area contributed by atoms with Gasteiger partial charge in [0, 0.05) is 6.42 Å². The highest BCUT2D eigenvalue weighted by molar-refractivity contribution is 5.92. The molecule has 3 heteroatoms. The molecule has 0 saturated carbocycles. The Kier molecular flexibility index (Phi) is 8.06. The van der Waals surface area contributed by atoms with Crippen LogP contribution in [0.15, 0.2) is 11.6 Å². The molecular weight excluding hydrogens is 252 g/mol. The first kappa shape index (κ1) is 16.8. The largest absolute Gasteiger partial charge is 0.456 e. The normalized spacial score (nSPS) is 23.9. The molecule has 0 aromatic rings. The van der Waals surface area contributed by atoms with Crippen molar-refractivity contribution in [1.82, 2.24) is 0 Å². The van der Waals surface area contributed by atoms with Crippen LogP contribution in [0.4, 0.5) is 0 Å². The Bertz CT molecular complexity index is 365. The van der Waals surface area contributed by atoms with E-state index in [1.54, 1.807) is 6.92 Å². The molecule has 1 rings (SSSR count).